The molecule has 0 aliphatic heterocycles. The number of ether oxygens (including phenoxy) is 1. The third kappa shape index (κ3) is 5.02. The lowest BCUT2D eigenvalue weighted by Crippen LogP contribution is -2.26. The van der Waals surface area contributed by atoms with E-state index in [1.807, 2.05) is 0 Å². The minimum atomic E-state index is -0.279. The van der Waals surface area contributed by atoms with Gasteiger partial charge in [0.2, 0.25) is 5.91 Å². The van der Waals surface area contributed by atoms with Crippen molar-refractivity contribution in [1.29, 1.82) is 0 Å². The lowest BCUT2D eigenvalue weighted by atomic mass is 10.2. The van der Waals surface area contributed by atoms with Crippen LogP contribution in [0.4, 0.5) is 5.82 Å². The molecule has 7 nitrogen and oxygen atoms in total. The molecule has 0 fully saturated rings. The van der Waals surface area contributed by atoms with Gasteiger partial charge in [0.15, 0.2) is 5.16 Å². The molecule has 1 aromatic carbocycles. The Hall–Kier alpha value is -2.13. The van der Waals surface area contributed by atoms with Gasteiger partial charge in [-0.2, -0.15) is 0 Å². The molecule has 0 radical (unpaired) electrons. The van der Waals surface area contributed by atoms with E-state index in [9.17, 15) is 9.59 Å². The summed E-state index contributed by atoms with van der Waals surface area (Å²) in [6, 6.07) is 8.15. The number of carbonyl (C=O) groups excluding carboxylic acids is 1. The normalized spacial score (nSPS) is 11.0. The summed E-state index contributed by atoms with van der Waals surface area (Å²) in [7, 11) is 1.55. The highest BCUT2D eigenvalue weighted by molar-refractivity contribution is 7.99. The molecule has 0 bridgehead atoms. The number of nitrogens with one attached hydrogen (secondary N) is 1. The number of pyridine rings is 1. The van der Waals surface area contributed by atoms with Gasteiger partial charge >= 0.3 is 0 Å². The van der Waals surface area contributed by atoms with Crippen LogP contribution in [0, 0.1) is 0 Å². The molecule has 0 saturated carbocycles. The molecule has 3 rings (SSSR count). The number of benzene rings is 1. The van der Waals surface area contributed by atoms with Crippen LogP contribution in [0.15, 0.2) is 46.5 Å². The first-order valence-corrected chi connectivity index (χ1v) is 9.95. The maximum atomic E-state index is 12.8. The Labute approximate surface area is 175 Å². The van der Waals surface area contributed by atoms with Crippen LogP contribution in [0.5, 0.6) is 0 Å². The molecule has 2 aromatic heterocycles. The van der Waals surface area contributed by atoms with E-state index in [0.29, 0.717) is 45.1 Å². The van der Waals surface area contributed by atoms with Crippen molar-refractivity contribution < 1.29 is 9.53 Å². The number of rotatable bonds is 7. The Morgan fingerprint density at radius 2 is 2.04 bits per heavy atom. The maximum Gasteiger partial charge on any atom is 0.262 e. The van der Waals surface area contributed by atoms with Crippen LogP contribution in [0.25, 0.3) is 10.9 Å². The maximum absolute atomic E-state index is 12.8. The van der Waals surface area contributed by atoms with Gasteiger partial charge in [0.05, 0.1) is 34.8 Å². The lowest BCUT2D eigenvalue weighted by Gasteiger charge is -2.13. The predicted octanol–water partition coefficient (Wildman–Crippen LogP) is 3.48. The fourth-order valence-corrected chi connectivity index (χ4v) is 3.53. The SMILES string of the molecule is COCCn1c(SCC(=O)Nc2ccc(Cl)cn2)nc2cc(Cl)ccc2c1=O. The van der Waals surface area contributed by atoms with Gasteiger partial charge in [-0.15, -0.1) is 0 Å². The zero-order valence-corrected chi connectivity index (χ0v) is 17.1. The number of nitrogens with zero attached hydrogens (tertiary/aromatic N) is 3. The van der Waals surface area contributed by atoms with Crippen molar-refractivity contribution in [2.24, 2.45) is 0 Å². The van der Waals surface area contributed by atoms with Gasteiger partial charge in [-0.1, -0.05) is 35.0 Å². The molecular weight excluding hydrogens is 423 g/mol. The lowest BCUT2D eigenvalue weighted by molar-refractivity contribution is -0.113. The summed E-state index contributed by atoms with van der Waals surface area (Å²) in [6.07, 6.45) is 1.45. The first kappa shape index (κ1) is 20.6. The minimum Gasteiger partial charge on any atom is -0.383 e. The summed E-state index contributed by atoms with van der Waals surface area (Å²) in [6.45, 7) is 0.665. The van der Waals surface area contributed by atoms with Crippen LogP contribution in [-0.4, -0.2) is 39.9 Å². The van der Waals surface area contributed by atoms with Crippen LogP contribution in [0.2, 0.25) is 10.0 Å². The fraction of sp³-hybridized carbons (Fsp3) is 0.222. The number of amides is 1. The standard InChI is InChI=1S/C18H16Cl2N4O3S/c1-27-7-6-24-17(26)13-4-2-11(19)8-14(13)22-18(24)28-10-16(25)23-15-5-3-12(20)9-21-15/h2-5,8-9H,6-7,10H2,1H3,(H,21,23,25). The molecule has 1 N–H and O–H groups in total. The van der Waals surface area contributed by atoms with Crippen molar-refractivity contribution in [3.8, 4) is 0 Å². The third-order valence-electron chi connectivity index (χ3n) is 3.73. The first-order chi connectivity index (χ1) is 13.5. The van der Waals surface area contributed by atoms with Crippen LogP contribution in [-0.2, 0) is 16.1 Å². The smallest absolute Gasteiger partial charge is 0.262 e. The molecule has 2 heterocycles. The van der Waals surface area contributed by atoms with Gasteiger partial charge in [0.1, 0.15) is 5.82 Å². The number of carbonyl (C=O) groups is 1. The third-order valence-corrected chi connectivity index (χ3v) is 5.16. The summed E-state index contributed by atoms with van der Waals surface area (Å²) < 4.78 is 6.58. The molecule has 0 aliphatic carbocycles. The van der Waals surface area contributed by atoms with Crippen molar-refractivity contribution in [1.82, 2.24) is 14.5 Å². The first-order valence-electron chi connectivity index (χ1n) is 8.21. The summed E-state index contributed by atoms with van der Waals surface area (Å²) >= 11 is 13.0. The molecule has 0 spiro atoms. The summed E-state index contributed by atoms with van der Waals surface area (Å²) in [5.74, 6) is 0.166. The molecule has 28 heavy (non-hydrogen) atoms. The number of halogens is 2. The monoisotopic (exact) mass is 438 g/mol. The van der Waals surface area contributed by atoms with E-state index in [1.54, 1.807) is 37.4 Å². The van der Waals surface area contributed by atoms with Gasteiger partial charge in [0, 0.05) is 18.3 Å². The van der Waals surface area contributed by atoms with E-state index in [0.717, 1.165) is 11.8 Å². The highest BCUT2D eigenvalue weighted by atomic mass is 35.5. The van der Waals surface area contributed by atoms with Crippen molar-refractivity contribution in [3.63, 3.8) is 0 Å². The molecule has 0 aliphatic rings. The van der Waals surface area contributed by atoms with E-state index in [1.165, 1.54) is 10.8 Å². The van der Waals surface area contributed by atoms with Crippen LogP contribution in [0.1, 0.15) is 0 Å². The second-order valence-corrected chi connectivity index (χ2v) is 7.52. The molecule has 3 aromatic rings. The van der Waals surface area contributed by atoms with Gasteiger partial charge in [-0.3, -0.25) is 14.2 Å². The molecule has 0 unspecified atom stereocenters. The Morgan fingerprint density at radius 3 is 2.75 bits per heavy atom. The molecule has 10 heteroatoms. The number of thioether (sulfide) groups is 1. The Morgan fingerprint density at radius 1 is 1.25 bits per heavy atom. The largest absolute Gasteiger partial charge is 0.383 e. The van der Waals surface area contributed by atoms with Crippen molar-refractivity contribution >= 4 is 57.6 Å². The second kappa shape index (κ2) is 9.38. The quantitative estimate of drug-likeness (QED) is 0.448. The number of methoxy groups -OCH3 is 1. The van der Waals surface area contributed by atoms with E-state index in [-0.39, 0.29) is 17.2 Å². The van der Waals surface area contributed by atoms with E-state index < -0.39 is 0 Å². The second-order valence-electron chi connectivity index (χ2n) is 5.70. The average Bonchev–Trinajstić information content (AvgIpc) is 2.67. The highest BCUT2D eigenvalue weighted by Gasteiger charge is 2.14. The zero-order chi connectivity index (χ0) is 20.1. The Balaban J connectivity index is 1.82. The van der Waals surface area contributed by atoms with Crippen LogP contribution >= 0.6 is 35.0 Å². The van der Waals surface area contributed by atoms with Gasteiger partial charge < -0.3 is 10.1 Å². The summed E-state index contributed by atoms with van der Waals surface area (Å²) in [4.78, 5) is 33.6. The summed E-state index contributed by atoms with van der Waals surface area (Å²) in [5.41, 5.74) is 0.273. The van der Waals surface area contributed by atoms with Crippen LogP contribution in [0.3, 0.4) is 0 Å². The predicted molar refractivity (Wildman–Crippen MR) is 111 cm³/mol. The average molecular weight is 439 g/mol. The molecule has 0 atom stereocenters. The topological polar surface area (TPSA) is 86.1 Å². The molecular formula is C18H16Cl2N4O3S. The zero-order valence-electron chi connectivity index (χ0n) is 14.8. The summed E-state index contributed by atoms with van der Waals surface area (Å²) in [5, 5.41) is 4.51. The number of aromatic nitrogens is 3. The minimum absolute atomic E-state index is 0.0514. The van der Waals surface area contributed by atoms with Crippen molar-refractivity contribution in [2.75, 3.05) is 24.8 Å². The number of hydrogen-bond donors (Lipinski definition) is 1. The number of hydrogen-bond acceptors (Lipinski definition) is 6. The molecule has 1 amide bonds. The highest BCUT2D eigenvalue weighted by Crippen LogP contribution is 2.21. The number of anilines is 1. The number of fused-ring (bicyclic) bond motifs is 1. The van der Waals surface area contributed by atoms with E-state index in [2.05, 4.69) is 15.3 Å². The van der Waals surface area contributed by atoms with Gasteiger partial charge in [0.25, 0.3) is 5.56 Å². The fourth-order valence-electron chi connectivity index (χ4n) is 2.42. The van der Waals surface area contributed by atoms with E-state index >= 15 is 0 Å². The molecule has 0 saturated heterocycles. The van der Waals surface area contributed by atoms with Crippen LogP contribution < -0.4 is 10.9 Å². The van der Waals surface area contributed by atoms with Gasteiger partial charge in [-0.25, -0.2) is 9.97 Å². The van der Waals surface area contributed by atoms with Gasteiger partial charge in [-0.05, 0) is 30.3 Å². The molecule has 146 valence electrons. The van der Waals surface area contributed by atoms with E-state index in [4.69, 9.17) is 27.9 Å². The van der Waals surface area contributed by atoms with Crippen molar-refractivity contribution in [3.05, 3.63) is 56.9 Å². The Kier molecular flexibility index (Phi) is 6.90. The Bertz CT molecular complexity index is 1060. The van der Waals surface area contributed by atoms with Crippen molar-refractivity contribution in [2.45, 2.75) is 11.7 Å².